The highest BCUT2D eigenvalue weighted by molar-refractivity contribution is 5.88. The molecule has 1 fully saturated rings. The minimum atomic E-state index is 0.791. The van der Waals surface area contributed by atoms with E-state index in [2.05, 4.69) is 30.3 Å². The van der Waals surface area contributed by atoms with Crippen molar-refractivity contribution in [2.75, 3.05) is 13.1 Å². The summed E-state index contributed by atoms with van der Waals surface area (Å²) >= 11 is 0. The Bertz CT molecular complexity index is 629. The van der Waals surface area contributed by atoms with Crippen LogP contribution >= 0.6 is 0 Å². The Morgan fingerprint density at radius 2 is 1.75 bits per heavy atom. The fraction of sp³-hybridized carbons (Fsp3) is 0.444. The van der Waals surface area contributed by atoms with E-state index in [-0.39, 0.29) is 0 Å². The molecule has 20 heavy (non-hydrogen) atoms. The monoisotopic (exact) mass is 268 g/mol. The molecule has 2 aliphatic heterocycles. The fourth-order valence-corrected chi connectivity index (χ4v) is 3.78. The van der Waals surface area contributed by atoms with Crippen molar-refractivity contribution in [3.8, 4) is 0 Å². The van der Waals surface area contributed by atoms with Crippen LogP contribution in [0.5, 0.6) is 0 Å². The predicted octanol–water partition coefficient (Wildman–Crippen LogP) is 2.44. The Labute approximate surface area is 120 Å². The molecule has 2 heteroatoms. The number of fused-ring (bicyclic) bond motifs is 3. The van der Waals surface area contributed by atoms with Crippen molar-refractivity contribution in [1.82, 2.24) is 0 Å². The maximum atomic E-state index is 5.74. The maximum absolute atomic E-state index is 5.74. The van der Waals surface area contributed by atoms with E-state index >= 15 is 0 Å². The van der Waals surface area contributed by atoms with Gasteiger partial charge in [-0.15, -0.1) is 0 Å². The van der Waals surface area contributed by atoms with Crippen LogP contribution in [0.3, 0.4) is 0 Å². The molecule has 0 bridgehead atoms. The van der Waals surface area contributed by atoms with E-state index in [0.29, 0.717) is 0 Å². The molecule has 0 radical (unpaired) electrons. The Hall–Kier alpha value is -1.38. The minimum Gasteiger partial charge on any atom is -0.372 e. The zero-order valence-corrected chi connectivity index (χ0v) is 12.0. The van der Waals surface area contributed by atoms with Gasteiger partial charge in [-0.1, -0.05) is 24.3 Å². The van der Waals surface area contributed by atoms with Crippen LogP contribution in [0.1, 0.15) is 36.0 Å². The molecule has 0 amide bonds. The van der Waals surface area contributed by atoms with Crippen molar-refractivity contribution < 1.29 is 9.64 Å². The lowest BCUT2D eigenvalue weighted by Gasteiger charge is -2.24. The summed E-state index contributed by atoms with van der Waals surface area (Å²) in [7, 11) is 0. The lowest BCUT2D eigenvalue weighted by molar-refractivity contribution is -0.918. The van der Waals surface area contributed by atoms with Gasteiger partial charge in [-0.25, -0.2) is 0 Å². The molecular weight excluding hydrogens is 246 g/mol. The van der Waals surface area contributed by atoms with E-state index in [9.17, 15) is 0 Å². The summed E-state index contributed by atoms with van der Waals surface area (Å²) in [6.07, 6.45) is 4.20. The molecule has 0 spiro atoms. The normalized spacial score (nSPS) is 19.4. The molecule has 104 valence electrons. The second kappa shape index (κ2) is 5.19. The van der Waals surface area contributed by atoms with Gasteiger partial charge < -0.3 is 9.64 Å². The van der Waals surface area contributed by atoms with Crippen LogP contribution in [0.2, 0.25) is 0 Å². The van der Waals surface area contributed by atoms with Crippen LogP contribution in [-0.4, -0.2) is 13.1 Å². The van der Waals surface area contributed by atoms with Crippen LogP contribution in [0.25, 0.3) is 10.8 Å². The van der Waals surface area contributed by atoms with Crippen molar-refractivity contribution in [3.63, 3.8) is 0 Å². The summed E-state index contributed by atoms with van der Waals surface area (Å²) in [5.41, 5.74) is 4.43. The summed E-state index contributed by atoms with van der Waals surface area (Å²) in [4.78, 5) is 1.75. The second-order valence-electron chi connectivity index (χ2n) is 6.19. The number of benzene rings is 2. The van der Waals surface area contributed by atoms with Crippen LogP contribution < -0.4 is 4.90 Å². The number of quaternary nitrogens is 1. The average molecular weight is 268 g/mol. The Balaban J connectivity index is 1.75. The number of likely N-dealkylation sites (tertiary alicyclic amines) is 1. The first-order valence-electron chi connectivity index (χ1n) is 7.85. The Morgan fingerprint density at radius 1 is 0.950 bits per heavy atom. The molecule has 1 saturated heterocycles. The molecule has 0 atom stereocenters. The van der Waals surface area contributed by atoms with Crippen molar-refractivity contribution in [2.45, 2.75) is 39.0 Å². The van der Waals surface area contributed by atoms with Crippen LogP contribution in [0, 0.1) is 0 Å². The molecular formula is C18H22NO+. The van der Waals surface area contributed by atoms with Crippen LogP contribution in [0.4, 0.5) is 0 Å². The van der Waals surface area contributed by atoms with E-state index in [0.717, 1.165) is 13.2 Å². The molecule has 2 aromatic rings. The lowest BCUT2D eigenvalue weighted by atomic mass is 9.95. The number of ether oxygens (including phenoxy) is 1. The van der Waals surface area contributed by atoms with Gasteiger partial charge >= 0.3 is 0 Å². The molecule has 0 unspecified atom stereocenters. The van der Waals surface area contributed by atoms with Gasteiger partial charge in [0, 0.05) is 5.56 Å². The highest BCUT2D eigenvalue weighted by atomic mass is 16.5. The van der Waals surface area contributed by atoms with Gasteiger partial charge in [0.25, 0.3) is 0 Å². The van der Waals surface area contributed by atoms with E-state index in [1.807, 2.05) is 0 Å². The molecule has 4 rings (SSSR count). The first-order chi connectivity index (χ1) is 9.92. The largest absolute Gasteiger partial charge is 0.372 e. The zero-order valence-electron chi connectivity index (χ0n) is 12.0. The number of hydrogen-bond donors (Lipinski definition) is 1. The zero-order chi connectivity index (χ0) is 13.4. The van der Waals surface area contributed by atoms with Crippen molar-refractivity contribution in [2.24, 2.45) is 0 Å². The number of piperidine rings is 1. The highest BCUT2D eigenvalue weighted by Gasteiger charge is 2.22. The summed E-state index contributed by atoms with van der Waals surface area (Å²) in [5, 5.41) is 2.76. The molecule has 2 nitrogen and oxygen atoms in total. The van der Waals surface area contributed by atoms with Crippen LogP contribution in [0.15, 0.2) is 30.3 Å². The third kappa shape index (κ3) is 2.13. The predicted molar refractivity (Wildman–Crippen MR) is 80.7 cm³/mol. The fourth-order valence-electron chi connectivity index (χ4n) is 3.78. The quantitative estimate of drug-likeness (QED) is 0.883. The molecule has 0 aliphatic carbocycles. The molecule has 1 N–H and O–H groups in total. The topological polar surface area (TPSA) is 13.7 Å². The summed E-state index contributed by atoms with van der Waals surface area (Å²) in [6.45, 7) is 5.45. The van der Waals surface area contributed by atoms with E-state index in [1.165, 1.54) is 66.4 Å². The van der Waals surface area contributed by atoms with Crippen molar-refractivity contribution in [3.05, 3.63) is 47.0 Å². The Kier molecular flexibility index (Phi) is 3.21. The van der Waals surface area contributed by atoms with E-state index in [1.54, 1.807) is 4.90 Å². The van der Waals surface area contributed by atoms with Crippen molar-refractivity contribution >= 4 is 10.8 Å². The summed E-state index contributed by atoms with van der Waals surface area (Å²) < 4.78 is 5.74. The number of rotatable bonds is 2. The molecule has 0 saturated carbocycles. The second-order valence-corrected chi connectivity index (χ2v) is 6.19. The first-order valence-corrected chi connectivity index (χ1v) is 7.85. The van der Waals surface area contributed by atoms with Gasteiger partial charge in [0.05, 0.1) is 26.3 Å². The van der Waals surface area contributed by atoms with Gasteiger partial charge in [-0.05, 0) is 47.2 Å². The third-order valence-electron chi connectivity index (χ3n) is 4.86. The average Bonchev–Trinajstić information content (AvgIpc) is 2.98. The van der Waals surface area contributed by atoms with Crippen LogP contribution in [-0.2, 0) is 24.5 Å². The summed E-state index contributed by atoms with van der Waals surface area (Å²) in [5.74, 6) is 0. The molecule has 2 aromatic carbocycles. The number of nitrogens with one attached hydrogen (secondary N) is 1. The smallest absolute Gasteiger partial charge is 0.103 e. The van der Waals surface area contributed by atoms with E-state index in [4.69, 9.17) is 4.74 Å². The van der Waals surface area contributed by atoms with Crippen molar-refractivity contribution in [1.29, 1.82) is 0 Å². The van der Waals surface area contributed by atoms with Gasteiger partial charge in [0.15, 0.2) is 0 Å². The minimum absolute atomic E-state index is 0.791. The number of hydrogen-bond acceptors (Lipinski definition) is 1. The van der Waals surface area contributed by atoms with Gasteiger partial charge in [-0.3, -0.25) is 0 Å². The van der Waals surface area contributed by atoms with Gasteiger partial charge in [-0.2, -0.15) is 0 Å². The summed E-state index contributed by atoms with van der Waals surface area (Å²) in [6, 6.07) is 11.2. The third-order valence-corrected chi connectivity index (χ3v) is 4.86. The molecule has 0 aromatic heterocycles. The van der Waals surface area contributed by atoms with Gasteiger partial charge in [0.2, 0.25) is 0 Å². The molecule has 2 aliphatic rings. The maximum Gasteiger partial charge on any atom is 0.103 e. The highest BCUT2D eigenvalue weighted by Crippen LogP contribution is 2.31. The van der Waals surface area contributed by atoms with Gasteiger partial charge in [0.1, 0.15) is 6.54 Å². The SMILES string of the molecule is c1ccc2c3c(c(C[NH+]4CCCCC4)cc2c1)COC3. The Morgan fingerprint density at radius 3 is 2.65 bits per heavy atom. The molecule has 2 heterocycles. The standard InChI is InChI=1S/C18H21NO/c1-4-8-19(9-5-1)11-15-10-14-6-2-3-7-16(14)18-13-20-12-17(15)18/h2-3,6-7,10H,1,4-5,8-9,11-13H2/p+1. The van der Waals surface area contributed by atoms with E-state index < -0.39 is 0 Å². The lowest BCUT2D eigenvalue weighted by Crippen LogP contribution is -3.11. The first kappa shape index (κ1) is 12.4.